The topological polar surface area (TPSA) is 64.3 Å². The van der Waals surface area contributed by atoms with Gasteiger partial charge in [-0.2, -0.15) is 0 Å². The standard InChI is InChI=1S/C21H35N5O/c1-20(2,3)6-11-25-12-7-21(8-13-25)18-16(22-15-23-18)14-17(24-21)19(27)26-9-4-5-10-26/h15,17,24H,4-14H2,1-3H3,(H,22,23)/t17-/m0/s1. The third-order valence-electron chi connectivity index (χ3n) is 6.63. The second kappa shape index (κ2) is 7.21. The van der Waals surface area contributed by atoms with Gasteiger partial charge in [-0.25, -0.2) is 4.98 Å². The fourth-order valence-electron chi connectivity index (χ4n) is 4.89. The van der Waals surface area contributed by atoms with Gasteiger partial charge in [0.25, 0.3) is 0 Å². The number of imidazole rings is 1. The molecule has 3 aliphatic heterocycles. The maximum Gasteiger partial charge on any atom is 0.240 e. The van der Waals surface area contributed by atoms with E-state index >= 15 is 0 Å². The Morgan fingerprint density at radius 2 is 1.93 bits per heavy atom. The third kappa shape index (κ3) is 3.92. The number of nitrogens with zero attached hydrogens (tertiary/aromatic N) is 3. The van der Waals surface area contributed by atoms with Crippen LogP contribution in [0.3, 0.4) is 0 Å². The van der Waals surface area contributed by atoms with Crippen molar-refractivity contribution in [3.8, 4) is 0 Å². The highest BCUT2D eigenvalue weighted by Gasteiger charge is 2.46. The second-order valence-electron chi connectivity index (χ2n) is 9.90. The summed E-state index contributed by atoms with van der Waals surface area (Å²) in [5.41, 5.74) is 2.55. The molecule has 27 heavy (non-hydrogen) atoms. The van der Waals surface area contributed by atoms with Crippen LogP contribution in [0.15, 0.2) is 6.33 Å². The predicted octanol–water partition coefficient (Wildman–Crippen LogP) is 2.27. The number of rotatable bonds is 3. The van der Waals surface area contributed by atoms with Gasteiger partial charge in [0.2, 0.25) is 5.91 Å². The lowest BCUT2D eigenvalue weighted by Gasteiger charge is -2.47. The van der Waals surface area contributed by atoms with Crippen molar-refractivity contribution in [1.82, 2.24) is 25.1 Å². The molecular formula is C21H35N5O. The first-order chi connectivity index (χ1) is 12.9. The highest BCUT2D eigenvalue weighted by molar-refractivity contribution is 5.83. The third-order valence-corrected chi connectivity index (χ3v) is 6.63. The number of carbonyl (C=O) groups is 1. The van der Waals surface area contributed by atoms with Crippen molar-refractivity contribution in [1.29, 1.82) is 0 Å². The maximum atomic E-state index is 13.1. The molecule has 2 saturated heterocycles. The lowest BCUT2D eigenvalue weighted by Crippen LogP contribution is -2.61. The van der Waals surface area contributed by atoms with Crippen molar-refractivity contribution in [3.63, 3.8) is 0 Å². The van der Waals surface area contributed by atoms with Crippen LogP contribution >= 0.6 is 0 Å². The summed E-state index contributed by atoms with van der Waals surface area (Å²) in [5, 5.41) is 3.78. The van der Waals surface area contributed by atoms with E-state index in [2.05, 4.69) is 41.0 Å². The van der Waals surface area contributed by atoms with E-state index in [-0.39, 0.29) is 17.5 Å². The molecule has 3 aliphatic rings. The number of hydrogen-bond donors (Lipinski definition) is 2. The Kier molecular flexibility index (Phi) is 5.06. The lowest BCUT2D eigenvalue weighted by atomic mass is 9.78. The molecule has 0 bridgehead atoms. The minimum Gasteiger partial charge on any atom is -0.348 e. The van der Waals surface area contributed by atoms with E-state index in [1.165, 1.54) is 6.42 Å². The van der Waals surface area contributed by atoms with E-state index in [0.717, 1.165) is 76.2 Å². The number of piperidine rings is 1. The second-order valence-corrected chi connectivity index (χ2v) is 9.90. The maximum absolute atomic E-state index is 13.1. The minimum absolute atomic E-state index is 0.114. The van der Waals surface area contributed by atoms with E-state index in [4.69, 9.17) is 0 Å². The molecule has 1 amide bonds. The number of amides is 1. The van der Waals surface area contributed by atoms with Crippen molar-refractivity contribution in [2.45, 2.75) is 70.9 Å². The van der Waals surface area contributed by atoms with Crippen LogP contribution in [0.1, 0.15) is 64.3 Å². The first-order valence-corrected chi connectivity index (χ1v) is 10.7. The fraction of sp³-hybridized carbons (Fsp3) is 0.810. The molecule has 0 saturated carbocycles. The van der Waals surface area contributed by atoms with Gasteiger partial charge in [-0.3, -0.25) is 10.1 Å². The number of carbonyl (C=O) groups excluding carboxylic acids is 1. The Labute approximate surface area is 163 Å². The molecule has 0 aromatic carbocycles. The fourth-order valence-corrected chi connectivity index (χ4v) is 4.89. The molecule has 0 radical (unpaired) electrons. The molecule has 1 aromatic heterocycles. The number of H-pyrrole nitrogens is 1. The number of fused-ring (bicyclic) bond motifs is 2. The summed E-state index contributed by atoms with van der Waals surface area (Å²) in [6.07, 6.45) is 8.10. The smallest absolute Gasteiger partial charge is 0.240 e. The summed E-state index contributed by atoms with van der Waals surface area (Å²) in [7, 11) is 0. The number of hydrogen-bond acceptors (Lipinski definition) is 4. The van der Waals surface area contributed by atoms with Gasteiger partial charge in [-0.1, -0.05) is 20.8 Å². The Bertz CT molecular complexity index is 662. The summed E-state index contributed by atoms with van der Waals surface area (Å²) in [4.78, 5) is 25.7. The molecule has 6 nitrogen and oxygen atoms in total. The van der Waals surface area contributed by atoms with Crippen LogP contribution in [-0.2, 0) is 16.8 Å². The molecule has 1 spiro atoms. The number of nitrogens with one attached hydrogen (secondary N) is 2. The van der Waals surface area contributed by atoms with Gasteiger partial charge in [0.05, 0.1) is 23.6 Å². The molecule has 6 heteroatoms. The van der Waals surface area contributed by atoms with Crippen molar-refractivity contribution < 1.29 is 4.79 Å². The Balaban J connectivity index is 1.46. The Hall–Kier alpha value is -1.40. The highest BCUT2D eigenvalue weighted by atomic mass is 16.2. The highest BCUT2D eigenvalue weighted by Crippen LogP contribution is 2.38. The number of aromatic amines is 1. The van der Waals surface area contributed by atoms with E-state index in [0.29, 0.717) is 5.41 Å². The molecule has 4 rings (SSSR count). The molecular weight excluding hydrogens is 338 g/mol. The minimum atomic E-state index is -0.147. The van der Waals surface area contributed by atoms with Gasteiger partial charge >= 0.3 is 0 Å². The normalized spacial score (nSPS) is 25.7. The van der Waals surface area contributed by atoms with Gasteiger partial charge < -0.3 is 14.8 Å². The van der Waals surface area contributed by atoms with Crippen molar-refractivity contribution >= 4 is 5.91 Å². The zero-order chi connectivity index (χ0) is 19.1. The molecule has 1 aromatic rings. The molecule has 150 valence electrons. The number of aromatic nitrogens is 2. The first-order valence-electron chi connectivity index (χ1n) is 10.7. The van der Waals surface area contributed by atoms with E-state index in [9.17, 15) is 4.79 Å². The molecule has 2 N–H and O–H groups in total. The van der Waals surface area contributed by atoms with E-state index in [1.54, 1.807) is 0 Å². The largest absolute Gasteiger partial charge is 0.348 e. The lowest BCUT2D eigenvalue weighted by molar-refractivity contribution is -0.133. The van der Waals surface area contributed by atoms with Gasteiger partial charge in [0, 0.05) is 38.3 Å². The zero-order valence-corrected chi connectivity index (χ0v) is 17.2. The first kappa shape index (κ1) is 18.9. The summed E-state index contributed by atoms with van der Waals surface area (Å²) < 4.78 is 0. The van der Waals surface area contributed by atoms with E-state index in [1.807, 2.05) is 11.2 Å². The average molecular weight is 374 g/mol. The van der Waals surface area contributed by atoms with Crippen LogP contribution in [0.25, 0.3) is 0 Å². The van der Waals surface area contributed by atoms with Crippen molar-refractivity contribution in [2.24, 2.45) is 5.41 Å². The quantitative estimate of drug-likeness (QED) is 0.853. The Morgan fingerprint density at radius 1 is 1.22 bits per heavy atom. The molecule has 1 atom stereocenters. The summed E-state index contributed by atoms with van der Waals surface area (Å²) >= 11 is 0. The molecule has 0 aliphatic carbocycles. The SMILES string of the molecule is CC(C)(C)CCN1CCC2(CC1)N[C@H](C(=O)N1CCCC1)Cc1[nH]cnc12. The monoisotopic (exact) mass is 373 g/mol. The summed E-state index contributed by atoms with van der Waals surface area (Å²) in [6, 6.07) is -0.114. The predicted molar refractivity (Wildman–Crippen MR) is 106 cm³/mol. The van der Waals surface area contributed by atoms with E-state index < -0.39 is 0 Å². The van der Waals surface area contributed by atoms with Crippen LogP contribution in [0.2, 0.25) is 0 Å². The average Bonchev–Trinajstić information content (AvgIpc) is 3.32. The molecule has 0 unspecified atom stereocenters. The van der Waals surface area contributed by atoms with Crippen LogP contribution in [-0.4, -0.2) is 64.4 Å². The van der Waals surface area contributed by atoms with Crippen LogP contribution in [0.5, 0.6) is 0 Å². The number of likely N-dealkylation sites (tertiary alicyclic amines) is 2. The summed E-state index contributed by atoms with van der Waals surface area (Å²) in [5.74, 6) is 0.280. The molecule has 2 fully saturated rings. The van der Waals surface area contributed by atoms with Crippen molar-refractivity contribution in [3.05, 3.63) is 17.7 Å². The van der Waals surface area contributed by atoms with Gasteiger partial charge in [0.15, 0.2) is 0 Å². The van der Waals surface area contributed by atoms with Crippen LogP contribution in [0, 0.1) is 5.41 Å². The van der Waals surface area contributed by atoms with Crippen molar-refractivity contribution in [2.75, 3.05) is 32.7 Å². The van der Waals surface area contributed by atoms with Gasteiger partial charge in [-0.05, 0) is 44.1 Å². The van der Waals surface area contributed by atoms with Gasteiger partial charge in [-0.15, -0.1) is 0 Å². The van der Waals surface area contributed by atoms with Crippen LogP contribution < -0.4 is 5.32 Å². The van der Waals surface area contributed by atoms with Crippen LogP contribution in [0.4, 0.5) is 0 Å². The van der Waals surface area contributed by atoms with Gasteiger partial charge in [0.1, 0.15) is 0 Å². The summed E-state index contributed by atoms with van der Waals surface area (Å²) in [6.45, 7) is 12.1. The zero-order valence-electron chi connectivity index (χ0n) is 17.2. The molecule has 4 heterocycles. The Morgan fingerprint density at radius 3 is 2.59 bits per heavy atom.